The zero-order valence-corrected chi connectivity index (χ0v) is 27.3. The largest absolute Gasteiger partial charge is 0.394 e. The number of hydrogen-bond donors (Lipinski definition) is 7. The minimum atomic E-state index is -1.56. The quantitative estimate of drug-likeness (QED) is 0.210. The Hall–Kier alpha value is -0.690. The lowest BCUT2D eigenvalue weighted by Crippen LogP contribution is -2.61. The van der Waals surface area contributed by atoms with Crippen molar-refractivity contribution in [3.05, 3.63) is 0 Å². The molecular weight excluding hydrogens is 568 g/mol. The molecule has 5 fully saturated rings. The van der Waals surface area contributed by atoms with E-state index in [1.165, 1.54) is 0 Å². The Morgan fingerprint density at radius 3 is 2.20 bits per heavy atom. The van der Waals surface area contributed by atoms with Crippen LogP contribution in [-0.4, -0.2) is 103 Å². The fourth-order valence-electron chi connectivity index (χ4n) is 10.7. The predicted octanol–water partition coefficient (Wildman–Crippen LogP) is 1.63. The van der Waals surface area contributed by atoms with E-state index < -0.39 is 61.7 Å². The lowest BCUT2D eigenvalue weighted by molar-refractivity contribution is -0.324. The van der Waals surface area contributed by atoms with Crippen molar-refractivity contribution in [1.29, 1.82) is 0 Å². The predicted molar refractivity (Wildman–Crippen MR) is 161 cm³/mol. The summed E-state index contributed by atoms with van der Waals surface area (Å²) in [4.78, 5) is 13.6. The van der Waals surface area contributed by atoms with Crippen molar-refractivity contribution in [2.45, 2.75) is 142 Å². The van der Waals surface area contributed by atoms with Crippen molar-refractivity contribution >= 4 is 5.78 Å². The number of ketones is 1. The average Bonchev–Trinajstić information content (AvgIpc) is 3.33. The summed E-state index contributed by atoms with van der Waals surface area (Å²) in [6.45, 7) is 12.1. The third-order valence-electron chi connectivity index (χ3n) is 13.8. The Balaban J connectivity index is 1.36. The van der Waals surface area contributed by atoms with E-state index >= 15 is 0 Å². The molecule has 10 nitrogen and oxygen atoms in total. The van der Waals surface area contributed by atoms with Crippen LogP contribution in [0, 0.1) is 58.2 Å². The number of rotatable bonds is 8. The molecule has 0 unspecified atom stereocenters. The Morgan fingerprint density at radius 2 is 1.57 bits per heavy atom. The topological polar surface area (TPSA) is 177 Å². The summed E-state index contributed by atoms with van der Waals surface area (Å²) in [7, 11) is 0. The van der Waals surface area contributed by atoms with Crippen LogP contribution in [0.2, 0.25) is 0 Å². The first-order valence-corrected chi connectivity index (χ1v) is 17.1. The Kier molecular flexibility index (Phi) is 10.0. The first-order valence-electron chi connectivity index (χ1n) is 17.1. The third-order valence-corrected chi connectivity index (χ3v) is 13.8. The lowest BCUT2D eigenvalue weighted by atomic mass is 9.44. The van der Waals surface area contributed by atoms with Gasteiger partial charge >= 0.3 is 0 Å². The third kappa shape index (κ3) is 5.62. The van der Waals surface area contributed by atoms with Crippen LogP contribution in [0.1, 0.15) is 86.5 Å². The highest BCUT2D eigenvalue weighted by Gasteiger charge is 2.64. The van der Waals surface area contributed by atoms with Crippen LogP contribution in [0.4, 0.5) is 0 Å². The summed E-state index contributed by atoms with van der Waals surface area (Å²) < 4.78 is 12.0. The maximum Gasteiger partial charge on any atom is 0.187 e. The summed E-state index contributed by atoms with van der Waals surface area (Å²) in [6, 6.07) is 0. The molecular formula is C34H58O10. The highest BCUT2D eigenvalue weighted by atomic mass is 16.7. The maximum absolute atomic E-state index is 13.6. The summed E-state index contributed by atoms with van der Waals surface area (Å²) in [5.74, 6) is 0.847. The zero-order chi connectivity index (χ0) is 32.5. The van der Waals surface area contributed by atoms with Gasteiger partial charge in [0.15, 0.2) is 6.29 Å². The van der Waals surface area contributed by atoms with E-state index in [1.807, 2.05) is 20.8 Å². The minimum absolute atomic E-state index is 0.0907. The van der Waals surface area contributed by atoms with E-state index in [-0.39, 0.29) is 52.1 Å². The van der Waals surface area contributed by atoms with Gasteiger partial charge in [-0.1, -0.05) is 41.5 Å². The molecule has 7 N–H and O–H groups in total. The van der Waals surface area contributed by atoms with Gasteiger partial charge < -0.3 is 45.2 Å². The molecule has 1 saturated heterocycles. The molecule has 0 spiro atoms. The molecule has 254 valence electrons. The van der Waals surface area contributed by atoms with Gasteiger partial charge in [-0.2, -0.15) is 0 Å². The second-order valence-electron chi connectivity index (χ2n) is 16.2. The summed E-state index contributed by atoms with van der Waals surface area (Å²) in [5, 5.41) is 74.0. The second kappa shape index (κ2) is 12.7. The molecule has 1 heterocycles. The zero-order valence-electron chi connectivity index (χ0n) is 27.3. The highest BCUT2D eigenvalue weighted by Crippen LogP contribution is 2.68. The van der Waals surface area contributed by atoms with E-state index in [0.717, 1.165) is 25.7 Å². The summed E-state index contributed by atoms with van der Waals surface area (Å²) >= 11 is 0. The molecule has 4 saturated carbocycles. The van der Waals surface area contributed by atoms with E-state index in [1.54, 1.807) is 0 Å². The van der Waals surface area contributed by atoms with Gasteiger partial charge in [0.2, 0.25) is 0 Å². The summed E-state index contributed by atoms with van der Waals surface area (Å²) in [6.07, 6.45) is -5.19. The normalized spacial score (nSPS) is 50.4. The minimum Gasteiger partial charge on any atom is -0.394 e. The SMILES string of the molecule is CC(C)[C@H](C)[C@@H](O[C@@H]1O[C@H](CO)[C@@H](O)[C@H](O)[C@H]1O)[C@H](O)[C@@H](C)[C@H]1CC[C@H]2[C@@H]3CC(=O)[C@H]4C[C@H](O)[C@H](O)C[C@]4(C)[C@H]3CC[C@]12C. The van der Waals surface area contributed by atoms with Crippen LogP contribution in [0.3, 0.4) is 0 Å². The van der Waals surface area contributed by atoms with Crippen LogP contribution in [0.5, 0.6) is 0 Å². The van der Waals surface area contributed by atoms with E-state index in [9.17, 15) is 40.5 Å². The number of aliphatic hydroxyl groups is 7. The molecule has 0 aromatic heterocycles. The van der Waals surface area contributed by atoms with Crippen molar-refractivity contribution in [2.75, 3.05) is 6.61 Å². The van der Waals surface area contributed by atoms with Crippen molar-refractivity contribution in [2.24, 2.45) is 58.2 Å². The van der Waals surface area contributed by atoms with Gasteiger partial charge in [-0.3, -0.25) is 4.79 Å². The average molecular weight is 627 g/mol. The van der Waals surface area contributed by atoms with Crippen molar-refractivity contribution in [3.63, 3.8) is 0 Å². The summed E-state index contributed by atoms with van der Waals surface area (Å²) in [5.41, 5.74) is -0.410. The molecule has 0 radical (unpaired) electrons. The van der Waals surface area contributed by atoms with Crippen LogP contribution in [0.15, 0.2) is 0 Å². The van der Waals surface area contributed by atoms with Gasteiger partial charge in [0.1, 0.15) is 30.2 Å². The number of carbonyl (C=O) groups is 1. The number of ether oxygens (including phenoxy) is 2. The van der Waals surface area contributed by atoms with Gasteiger partial charge in [0.25, 0.3) is 0 Å². The van der Waals surface area contributed by atoms with Crippen molar-refractivity contribution in [3.8, 4) is 0 Å². The molecule has 5 aliphatic rings. The number of hydrogen-bond acceptors (Lipinski definition) is 10. The number of aliphatic hydroxyl groups excluding tert-OH is 7. The molecule has 0 amide bonds. The van der Waals surface area contributed by atoms with E-state index in [0.29, 0.717) is 31.1 Å². The maximum atomic E-state index is 13.6. The molecule has 4 aliphatic carbocycles. The first kappa shape index (κ1) is 34.6. The van der Waals surface area contributed by atoms with E-state index in [4.69, 9.17) is 9.47 Å². The fourth-order valence-corrected chi connectivity index (χ4v) is 10.7. The van der Waals surface area contributed by atoms with Gasteiger partial charge in [-0.25, -0.2) is 0 Å². The highest BCUT2D eigenvalue weighted by molar-refractivity contribution is 5.83. The molecule has 0 aromatic carbocycles. The molecule has 0 aromatic rings. The first-order chi connectivity index (χ1) is 20.6. The van der Waals surface area contributed by atoms with Crippen LogP contribution in [0.25, 0.3) is 0 Å². The molecule has 10 heteroatoms. The van der Waals surface area contributed by atoms with Crippen molar-refractivity contribution in [1.82, 2.24) is 0 Å². The molecule has 0 bridgehead atoms. The Labute approximate surface area is 262 Å². The van der Waals surface area contributed by atoms with Gasteiger partial charge in [-0.15, -0.1) is 0 Å². The Bertz CT molecular complexity index is 1020. The van der Waals surface area contributed by atoms with Gasteiger partial charge in [0, 0.05) is 12.3 Å². The fraction of sp³-hybridized carbons (Fsp3) is 0.971. The lowest BCUT2D eigenvalue weighted by Gasteiger charge is -2.61. The second-order valence-corrected chi connectivity index (χ2v) is 16.2. The van der Waals surface area contributed by atoms with Crippen LogP contribution in [-0.2, 0) is 14.3 Å². The molecule has 44 heavy (non-hydrogen) atoms. The van der Waals surface area contributed by atoms with Gasteiger partial charge in [-0.05, 0) is 90.8 Å². The number of fused-ring (bicyclic) bond motifs is 5. The Morgan fingerprint density at radius 1 is 0.909 bits per heavy atom. The number of carbonyl (C=O) groups excluding carboxylic acids is 1. The van der Waals surface area contributed by atoms with Gasteiger partial charge in [0.05, 0.1) is 31.0 Å². The standard InChI is InChI=1S/C34H58O10/c1-15(2)16(3)31(44-32-30(42)29(41)28(40)26(14-35)43-32)27(39)17(4)19-7-8-20-18-11-23(36)22-12-24(37)25(38)13-34(22,6)21(18)9-10-33(19,20)5/h15-22,24-32,35,37-42H,7-14H2,1-6H3/t16-,17-,18-,19+,20-,21-,22+,24-,25+,26+,27+,28+,29-,30+,31+,32-,33+,34+/m0/s1. The molecule has 5 rings (SSSR count). The van der Waals surface area contributed by atoms with Crippen LogP contribution < -0.4 is 0 Å². The van der Waals surface area contributed by atoms with Crippen LogP contribution >= 0.6 is 0 Å². The van der Waals surface area contributed by atoms with E-state index in [2.05, 4.69) is 20.8 Å². The monoisotopic (exact) mass is 626 g/mol. The molecule has 1 aliphatic heterocycles. The number of Topliss-reactive ketones (excluding diaryl/α,β-unsaturated/α-hetero) is 1. The smallest absolute Gasteiger partial charge is 0.187 e. The van der Waals surface area contributed by atoms with Crippen molar-refractivity contribution < 1.29 is 50.0 Å². The molecule has 18 atom stereocenters.